The molecule has 3 heterocycles. The SMILES string of the molecule is C=C[C@@H]1C[C@]1(NC(=O)[C@@H]1C[C@@H](N2Cc3cccc4cccc(c34)C2)CN1C(=O)[C@@H](Nc1cnccn1)C(C)(C)C)C(=O)NS(=O)(=O)C1CC1. The Morgan fingerprint density at radius 2 is 1.76 bits per heavy atom. The van der Waals surface area contributed by atoms with E-state index in [0.717, 1.165) is 0 Å². The van der Waals surface area contributed by atoms with Crippen LogP contribution in [0.2, 0.25) is 0 Å². The average molecular weight is 686 g/mol. The molecule has 2 aromatic carbocycles. The average Bonchev–Trinajstić information content (AvgIpc) is 4.00. The van der Waals surface area contributed by atoms with Gasteiger partial charge in [-0.2, -0.15) is 0 Å². The second-order valence-corrected chi connectivity index (χ2v) is 16.9. The minimum Gasteiger partial charge on any atom is -0.357 e. The van der Waals surface area contributed by atoms with E-state index in [2.05, 4.69) is 73.2 Å². The summed E-state index contributed by atoms with van der Waals surface area (Å²) < 4.78 is 27.6. The first-order valence-electron chi connectivity index (χ1n) is 16.9. The summed E-state index contributed by atoms with van der Waals surface area (Å²) in [6.07, 6.45) is 7.78. The van der Waals surface area contributed by atoms with Crippen molar-refractivity contribution < 1.29 is 22.8 Å². The Labute approximate surface area is 286 Å². The van der Waals surface area contributed by atoms with Crippen LogP contribution >= 0.6 is 0 Å². The highest BCUT2D eigenvalue weighted by Gasteiger charge is 2.62. The van der Waals surface area contributed by atoms with E-state index >= 15 is 0 Å². The summed E-state index contributed by atoms with van der Waals surface area (Å²) in [5, 5.41) is 8.02. The van der Waals surface area contributed by atoms with Crippen LogP contribution in [-0.4, -0.2) is 81.4 Å². The Kier molecular flexibility index (Phi) is 8.26. The maximum Gasteiger partial charge on any atom is 0.259 e. The lowest BCUT2D eigenvalue weighted by Gasteiger charge is -2.36. The first-order chi connectivity index (χ1) is 23.3. The molecule has 1 saturated heterocycles. The maximum absolute atomic E-state index is 14.6. The van der Waals surface area contributed by atoms with Crippen molar-refractivity contribution in [2.24, 2.45) is 11.3 Å². The van der Waals surface area contributed by atoms with Gasteiger partial charge in [0.25, 0.3) is 5.91 Å². The van der Waals surface area contributed by atoms with Crippen LogP contribution in [0.15, 0.2) is 67.6 Å². The summed E-state index contributed by atoms with van der Waals surface area (Å²) in [5.74, 6) is -1.53. The van der Waals surface area contributed by atoms with Gasteiger partial charge in [0.15, 0.2) is 0 Å². The molecular formula is C36H43N7O5S. The van der Waals surface area contributed by atoms with Gasteiger partial charge in [-0.3, -0.25) is 29.0 Å². The predicted octanol–water partition coefficient (Wildman–Crippen LogP) is 3.11. The van der Waals surface area contributed by atoms with E-state index in [9.17, 15) is 22.8 Å². The molecule has 13 heteroatoms. The second kappa shape index (κ2) is 12.2. The van der Waals surface area contributed by atoms with Gasteiger partial charge in [0.05, 0.1) is 11.4 Å². The van der Waals surface area contributed by atoms with Gasteiger partial charge in [0.2, 0.25) is 21.8 Å². The largest absolute Gasteiger partial charge is 0.357 e. The van der Waals surface area contributed by atoms with Crippen molar-refractivity contribution in [1.29, 1.82) is 0 Å². The highest BCUT2D eigenvalue weighted by molar-refractivity contribution is 7.91. The van der Waals surface area contributed by atoms with Crippen molar-refractivity contribution >= 4 is 44.3 Å². The Bertz CT molecular complexity index is 1890. The molecular weight excluding hydrogens is 643 g/mol. The number of anilines is 1. The monoisotopic (exact) mass is 685 g/mol. The quantitative estimate of drug-likeness (QED) is 0.273. The molecule has 0 bridgehead atoms. The molecule has 3 fully saturated rings. The number of sulfonamides is 1. The van der Waals surface area contributed by atoms with Gasteiger partial charge < -0.3 is 15.5 Å². The molecule has 7 rings (SSSR count). The lowest BCUT2D eigenvalue weighted by Crippen LogP contribution is -2.58. The van der Waals surface area contributed by atoms with Crippen LogP contribution in [0.4, 0.5) is 5.82 Å². The molecule has 4 aliphatic rings. The van der Waals surface area contributed by atoms with Crippen LogP contribution in [0.25, 0.3) is 10.8 Å². The van der Waals surface area contributed by atoms with Gasteiger partial charge >= 0.3 is 0 Å². The lowest BCUT2D eigenvalue weighted by molar-refractivity contribution is -0.141. The van der Waals surface area contributed by atoms with E-state index in [1.54, 1.807) is 29.6 Å². The first-order valence-corrected chi connectivity index (χ1v) is 18.4. The lowest BCUT2D eigenvalue weighted by atomic mass is 9.85. The normalized spacial score (nSPS) is 25.8. The zero-order chi connectivity index (χ0) is 34.7. The number of benzene rings is 2. The Hall–Kier alpha value is -4.36. The van der Waals surface area contributed by atoms with Gasteiger partial charge in [-0.1, -0.05) is 63.2 Å². The molecule has 0 radical (unpaired) electrons. The van der Waals surface area contributed by atoms with Crippen LogP contribution in [0.3, 0.4) is 0 Å². The number of carbonyl (C=O) groups is 3. The molecule has 258 valence electrons. The van der Waals surface area contributed by atoms with Crippen LogP contribution in [-0.2, 0) is 37.5 Å². The number of nitrogens with one attached hydrogen (secondary N) is 3. The number of carbonyl (C=O) groups excluding carboxylic acids is 3. The standard InChI is InChI=1S/C36H43N7O5S/c1-5-25-17-36(25,34(46)41-49(47,48)27-12-13-27)40-32(44)28-16-26(42-19-23-10-6-8-22-9-7-11-24(20-42)30(22)23)21-43(28)33(45)31(35(2,3)4)39-29-18-37-14-15-38-29/h5-11,14-15,18,25-28,31H,1,12-13,16-17,19-21H2,2-4H3,(H,38,39)(H,40,44)(H,41,46)/t25-,26-,28+,31-,36-/m1/s1. The van der Waals surface area contributed by atoms with E-state index in [1.807, 2.05) is 20.8 Å². The number of amides is 3. The number of nitrogens with zero attached hydrogens (tertiary/aromatic N) is 4. The molecule has 3 amide bonds. The highest BCUT2D eigenvalue weighted by Crippen LogP contribution is 2.46. The summed E-state index contributed by atoms with van der Waals surface area (Å²) in [6.45, 7) is 11.3. The number of hydrogen-bond acceptors (Lipinski definition) is 9. The Morgan fingerprint density at radius 3 is 2.33 bits per heavy atom. The van der Waals surface area contributed by atoms with Crippen molar-refractivity contribution in [2.45, 2.75) is 88.5 Å². The smallest absolute Gasteiger partial charge is 0.259 e. The Balaban J connectivity index is 1.18. The van der Waals surface area contributed by atoms with Gasteiger partial charge in [-0.15, -0.1) is 6.58 Å². The first kappa shape index (κ1) is 33.2. The van der Waals surface area contributed by atoms with E-state index < -0.39 is 56.0 Å². The summed E-state index contributed by atoms with van der Waals surface area (Å²) in [6, 6.07) is 10.8. The summed E-state index contributed by atoms with van der Waals surface area (Å²) in [4.78, 5) is 54.9. The third-order valence-corrected chi connectivity index (χ3v) is 12.2. The van der Waals surface area contributed by atoms with Crippen molar-refractivity contribution in [3.63, 3.8) is 0 Å². The molecule has 5 atom stereocenters. The third kappa shape index (κ3) is 6.29. The van der Waals surface area contributed by atoms with Crippen LogP contribution < -0.4 is 15.4 Å². The third-order valence-electron chi connectivity index (χ3n) is 10.4. The van der Waals surface area contributed by atoms with Gasteiger partial charge in [0, 0.05) is 44.0 Å². The van der Waals surface area contributed by atoms with Crippen molar-refractivity contribution in [2.75, 3.05) is 11.9 Å². The predicted molar refractivity (Wildman–Crippen MR) is 185 cm³/mol. The molecule has 1 aromatic heterocycles. The molecule has 3 aromatic rings. The fraction of sp³-hybridized carbons (Fsp3) is 0.472. The van der Waals surface area contributed by atoms with Crippen LogP contribution in [0, 0.1) is 11.3 Å². The molecule has 2 saturated carbocycles. The fourth-order valence-corrected chi connectivity index (χ4v) is 8.81. The summed E-state index contributed by atoms with van der Waals surface area (Å²) in [5.41, 5.74) is 0.368. The Morgan fingerprint density at radius 1 is 1.06 bits per heavy atom. The molecule has 12 nitrogen and oxygen atoms in total. The summed E-state index contributed by atoms with van der Waals surface area (Å²) >= 11 is 0. The highest BCUT2D eigenvalue weighted by atomic mass is 32.2. The maximum atomic E-state index is 14.6. The van der Waals surface area contributed by atoms with Gasteiger partial charge in [-0.25, -0.2) is 13.4 Å². The van der Waals surface area contributed by atoms with Crippen LogP contribution in [0.1, 0.15) is 57.6 Å². The second-order valence-electron chi connectivity index (χ2n) is 14.9. The molecule has 0 unspecified atom stereocenters. The zero-order valence-electron chi connectivity index (χ0n) is 28.1. The number of hydrogen-bond donors (Lipinski definition) is 3. The summed E-state index contributed by atoms with van der Waals surface area (Å²) in [7, 11) is -3.84. The van der Waals surface area contributed by atoms with Gasteiger partial charge in [0.1, 0.15) is 23.4 Å². The minimum absolute atomic E-state index is 0.158. The van der Waals surface area contributed by atoms with E-state index in [1.165, 1.54) is 21.9 Å². The molecule has 0 spiro atoms. The van der Waals surface area contributed by atoms with Crippen molar-refractivity contribution in [3.8, 4) is 0 Å². The molecule has 2 aliphatic heterocycles. The van der Waals surface area contributed by atoms with Crippen LogP contribution in [0.5, 0.6) is 0 Å². The van der Waals surface area contributed by atoms with E-state index in [0.29, 0.717) is 44.7 Å². The number of likely N-dealkylation sites (tertiary alicyclic amines) is 1. The minimum atomic E-state index is -3.84. The van der Waals surface area contributed by atoms with Crippen molar-refractivity contribution in [1.82, 2.24) is 29.8 Å². The topological polar surface area (TPSA) is 154 Å². The zero-order valence-corrected chi connectivity index (χ0v) is 28.9. The van der Waals surface area contributed by atoms with E-state index in [4.69, 9.17) is 0 Å². The molecule has 2 aliphatic carbocycles. The molecule has 3 N–H and O–H groups in total. The molecule has 49 heavy (non-hydrogen) atoms. The van der Waals surface area contributed by atoms with Crippen molar-refractivity contribution in [3.05, 3.63) is 78.8 Å². The fourth-order valence-electron chi connectivity index (χ4n) is 7.44. The van der Waals surface area contributed by atoms with E-state index in [-0.39, 0.29) is 18.4 Å². The number of aromatic nitrogens is 2. The van der Waals surface area contributed by atoms with Gasteiger partial charge in [-0.05, 0) is 53.0 Å². The number of rotatable bonds is 10.